The molecular weight excluding hydrogens is 326 g/mol. The number of hydrogen-bond acceptors (Lipinski definition) is 3. The van der Waals surface area contributed by atoms with E-state index in [1.165, 1.54) is 64.5 Å². The van der Waals surface area contributed by atoms with Gasteiger partial charge in [0.05, 0.1) is 0 Å². The third-order valence-electron chi connectivity index (χ3n) is 5.69. The number of rotatable bonds is 8. The Balaban J connectivity index is 1.95. The number of nitrogens with one attached hydrogen (secondary N) is 3. The summed E-state index contributed by atoms with van der Waals surface area (Å²) >= 11 is 0. The lowest BCUT2D eigenvalue weighted by molar-refractivity contribution is -0.119. The van der Waals surface area contributed by atoms with E-state index in [0.717, 1.165) is 32.0 Å². The predicted octanol–water partition coefficient (Wildman–Crippen LogP) is 2.26. The first-order valence-electron chi connectivity index (χ1n) is 10.7. The summed E-state index contributed by atoms with van der Waals surface area (Å²) in [5.74, 6) is 0.758. The maximum absolute atomic E-state index is 11.8. The van der Waals surface area contributed by atoms with Gasteiger partial charge in [-0.3, -0.25) is 9.69 Å². The molecule has 1 saturated carbocycles. The van der Waals surface area contributed by atoms with Gasteiger partial charge in [-0.05, 0) is 52.1 Å². The van der Waals surface area contributed by atoms with Gasteiger partial charge in [-0.25, -0.2) is 4.99 Å². The molecule has 0 atom stereocenters. The molecule has 1 aliphatic heterocycles. The van der Waals surface area contributed by atoms with E-state index in [1.807, 2.05) is 0 Å². The Kier molecular flexibility index (Phi) is 9.23. The van der Waals surface area contributed by atoms with Gasteiger partial charge in [0.1, 0.15) is 6.54 Å². The van der Waals surface area contributed by atoms with Crippen molar-refractivity contribution in [1.82, 2.24) is 20.9 Å². The molecule has 0 aromatic carbocycles. The average molecular weight is 366 g/mol. The molecule has 1 amide bonds. The highest BCUT2D eigenvalue weighted by Gasteiger charge is 2.38. The summed E-state index contributed by atoms with van der Waals surface area (Å²) < 4.78 is 0. The minimum Gasteiger partial charge on any atom is -0.357 e. The lowest BCUT2D eigenvalue weighted by Crippen LogP contribution is -2.59. The molecule has 1 saturated heterocycles. The van der Waals surface area contributed by atoms with Crippen molar-refractivity contribution in [1.29, 1.82) is 0 Å². The van der Waals surface area contributed by atoms with Crippen molar-refractivity contribution in [2.45, 2.75) is 77.2 Å². The zero-order chi connectivity index (χ0) is 18.7. The molecule has 0 spiro atoms. The highest BCUT2D eigenvalue weighted by Crippen LogP contribution is 2.35. The second kappa shape index (κ2) is 11.4. The molecule has 1 heterocycles. The summed E-state index contributed by atoms with van der Waals surface area (Å²) in [5.41, 5.74) is 0.263. The van der Waals surface area contributed by atoms with Crippen LogP contribution in [0.15, 0.2) is 4.99 Å². The average Bonchev–Trinajstić information content (AvgIpc) is 2.70. The lowest BCUT2D eigenvalue weighted by Gasteiger charge is -2.48. The molecular formula is C20H39N5O. The van der Waals surface area contributed by atoms with Crippen molar-refractivity contribution in [2.24, 2.45) is 4.99 Å². The number of aliphatic imine (C=N–C) groups is 1. The molecule has 1 aliphatic carbocycles. The number of nitrogens with zero attached hydrogens (tertiary/aromatic N) is 2. The van der Waals surface area contributed by atoms with E-state index in [1.54, 1.807) is 0 Å². The monoisotopic (exact) mass is 365 g/mol. The fourth-order valence-electron chi connectivity index (χ4n) is 4.24. The third-order valence-corrected chi connectivity index (χ3v) is 5.69. The van der Waals surface area contributed by atoms with E-state index >= 15 is 0 Å². The molecule has 2 rings (SSSR count). The molecule has 2 fully saturated rings. The molecule has 2 aliphatic rings. The van der Waals surface area contributed by atoms with Crippen LogP contribution in [-0.4, -0.2) is 61.6 Å². The van der Waals surface area contributed by atoms with E-state index in [0.29, 0.717) is 0 Å². The maximum atomic E-state index is 11.8. The summed E-state index contributed by atoms with van der Waals surface area (Å²) in [6.07, 6.45) is 11.5. The van der Waals surface area contributed by atoms with Crippen molar-refractivity contribution < 1.29 is 4.79 Å². The van der Waals surface area contributed by atoms with E-state index in [-0.39, 0.29) is 18.0 Å². The fraction of sp³-hybridized carbons (Fsp3) is 0.900. The normalized spacial score (nSPS) is 21.2. The van der Waals surface area contributed by atoms with Gasteiger partial charge in [0.15, 0.2) is 5.96 Å². The molecule has 0 radical (unpaired) electrons. The molecule has 150 valence electrons. The Bertz CT molecular complexity index is 439. The quantitative estimate of drug-likeness (QED) is 0.456. The summed E-state index contributed by atoms with van der Waals surface area (Å²) in [6, 6.07) is 0. The number of guanidine groups is 1. The van der Waals surface area contributed by atoms with Crippen LogP contribution in [-0.2, 0) is 4.79 Å². The van der Waals surface area contributed by atoms with Gasteiger partial charge >= 0.3 is 0 Å². The topological polar surface area (TPSA) is 68.8 Å². The van der Waals surface area contributed by atoms with Gasteiger partial charge in [-0.15, -0.1) is 0 Å². The predicted molar refractivity (Wildman–Crippen MR) is 109 cm³/mol. The smallest absolute Gasteiger partial charge is 0.241 e. The fourth-order valence-corrected chi connectivity index (χ4v) is 4.24. The molecule has 6 nitrogen and oxygen atoms in total. The van der Waals surface area contributed by atoms with Gasteiger partial charge in [0.2, 0.25) is 5.91 Å². The maximum Gasteiger partial charge on any atom is 0.241 e. The number of carbonyl (C=O) groups is 1. The van der Waals surface area contributed by atoms with Crippen LogP contribution in [0.5, 0.6) is 0 Å². The van der Waals surface area contributed by atoms with Crippen molar-refractivity contribution in [3.05, 3.63) is 0 Å². The van der Waals surface area contributed by atoms with Crippen molar-refractivity contribution >= 4 is 11.9 Å². The summed E-state index contributed by atoms with van der Waals surface area (Å²) in [5, 5.41) is 9.74. The van der Waals surface area contributed by atoms with Crippen LogP contribution < -0.4 is 16.0 Å². The molecule has 6 heteroatoms. The van der Waals surface area contributed by atoms with Crippen LogP contribution in [0.25, 0.3) is 0 Å². The van der Waals surface area contributed by atoms with Crippen molar-refractivity contribution in [2.75, 3.05) is 39.3 Å². The number of hydrogen-bond donors (Lipinski definition) is 3. The minimum atomic E-state index is -0.00698. The summed E-state index contributed by atoms with van der Waals surface area (Å²) in [7, 11) is 0. The first-order valence-corrected chi connectivity index (χ1v) is 10.7. The standard InChI is InChI=1S/C20H39N5O/c1-3-13-22-18(26)16-23-19(21-4-2)24-17-20(11-7-5-8-12-20)25-14-9-6-10-15-25/h3-17H2,1-2H3,(H,22,26)(H2,21,23,24). The van der Waals surface area contributed by atoms with Gasteiger partial charge < -0.3 is 16.0 Å². The zero-order valence-corrected chi connectivity index (χ0v) is 16.9. The SMILES string of the molecule is CCCNC(=O)CN=C(NCC)NCC1(N2CCCCC2)CCCCC1. The Morgan fingerprint density at radius 1 is 0.962 bits per heavy atom. The van der Waals surface area contributed by atoms with Gasteiger partial charge in [0.25, 0.3) is 0 Å². The third kappa shape index (κ3) is 6.45. The molecule has 0 unspecified atom stereocenters. The minimum absolute atomic E-state index is 0.00698. The zero-order valence-electron chi connectivity index (χ0n) is 16.9. The van der Waals surface area contributed by atoms with E-state index < -0.39 is 0 Å². The number of amides is 1. The summed E-state index contributed by atoms with van der Waals surface area (Å²) in [6.45, 7) is 9.22. The van der Waals surface area contributed by atoms with Gasteiger partial charge in [0, 0.05) is 25.2 Å². The van der Waals surface area contributed by atoms with Gasteiger partial charge in [-0.1, -0.05) is 32.6 Å². The van der Waals surface area contributed by atoms with E-state index in [2.05, 4.69) is 39.7 Å². The van der Waals surface area contributed by atoms with Crippen LogP contribution in [0.2, 0.25) is 0 Å². The Labute approximate surface area is 159 Å². The Hall–Kier alpha value is -1.30. The summed E-state index contributed by atoms with van der Waals surface area (Å²) in [4.78, 5) is 19.1. The second-order valence-electron chi connectivity index (χ2n) is 7.73. The first-order chi connectivity index (χ1) is 12.7. The Morgan fingerprint density at radius 2 is 1.65 bits per heavy atom. The molecule has 0 aromatic rings. The van der Waals surface area contributed by atoms with Gasteiger partial charge in [-0.2, -0.15) is 0 Å². The molecule has 0 aromatic heterocycles. The van der Waals surface area contributed by atoms with E-state index in [4.69, 9.17) is 0 Å². The number of likely N-dealkylation sites (tertiary alicyclic amines) is 1. The number of piperidine rings is 1. The van der Waals surface area contributed by atoms with Crippen LogP contribution in [0, 0.1) is 0 Å². The number of carbonyl (C=O) groups excluding carboxylic acids is 1. The first kappa shape index (κ1) is 21.0. The van der Waals surface area contributed by atoms with E-state index in [9.17, 15) is 4.79 Å². The van der Waals surface area contributed by atoms with Crippen LogP contribution in [0.1, 0.15) is 71.6 Å². The van der Waals surface area contributed by atoms with Crippen LogP contribution in [0.4, 0.5) is 0 Å². The van der Waals surface area contributed by atoms with Crippen LogP contribution >= 0.6 is 0 Å². The van der Waals surface area contributed by atoms with Crippen molar-refractivity contribution in [3.8, 4) is 0 Å². The lowest BCUT2D eigenvalue weighted by atomic mass is 9.79. The van der Waals surface area contributed by atoms with Crippen LogP contribution in [0.3, 0.4) is 0 Å². The highest BCUT2D eigenvalue weighted by atomic mass is 16.1. The van der Waals surface area contributed by atoms with Crippen molar-refractivity contribution in [3.63, 3.8) is 0 Å². The molecule has 3 N–H and O–H groups in total. The highest BCUT2D eigenvalue weighted by molar-refractivity contribution is 5.84. The second-order valence-corrected chi connectivity index (χ2v) is 7.73. The largest absolute Gasteiger partial charge is 0.357 e. The Morgan fingerprint density at radius 3 is 2.31 bits per heavy atom. The molecule has 0 bridgehead atoms. The molecule has 26 heavy (non-hydrogen) atoms.